The molecule has 0 spiro atoms. The fourth-order valence-corrected chi connectivity index (χ4v) is 6.79. The maximum atomic E-state index is 17.2. The number of aromatic nitrogens is 2. The van der Waals surface area contributed by atoms with Crippen LogP contribution >= 0.6 is 0 Å². The van der Waals surface area contributed by atoms with Crippen LogP contribution in [0.25, 0.3) is 27.7 Å². The summed E-state index contributed by atoms with van der Waals surface area (Å²) in [6.45, 7) is 11.2. The van der Waals surface area contributed by atoms with E-state index in [-0.39, 0.29) is 34.6 Å². The Morgan fingerprint density at radius 3 is 2.49 bits per heavy atom. The normalized spacial score (nSPS) is 18.8. The maximum Gasteiger partial charge on any atom is 0.281 e. The lowest BCUT2D eigenvalue weighted by Crippen LogP contribution is -2.62. The molecule has 4 heterocycles. The second-order valence-electron chi connectivity index (χ2n) is 12.6. The SMILES string of the molecule is Cc1ccnc(C(C)C)c1-n1c(=O)c2c(c3cc(F)c(-c4c(O)cccc4F)c(F)c31)N1C[C@@H](C)NC[C@@H]1CN2CCC(C)O. The highest BCUT2D eigenvalue weighted by Crippen LogP contribution is 2.46. The van der Waals surface area contributed by atoms with Gasteiger partial charge in [-0.25, -0.2) is 13.2 Å². The zero-order chi connectivity index (χ0) is 32.3. The third-order valence-electron chi connectivity index (χ3n) is 8.93. The number of nitrogens with zero attached hydrogens (tertiary/aromatic N) is 4. The second kappa shape index (κ2) is 11.7. The highest BCUT2D eigenvalue weighted by atomic mass is 19.1. The Hall–Kier alpha value is -4.09. The van der Waals surface area contributed by atoms with Gasteiger partial charge in [0, 0.05) is 43.8 Å². The number of benzene rings is 2. The molecule has 11 heteroatoms. The Labute approximate surface area is 259 Å². The summed E-state index contributed by atoms with van der Waals surface area (Å²) in [4.78, 5) is 23.5. The quantitative estimate of drug-likeness (QED) is 0.267. The number of hydrogen-bond acceptors (Lipinski definition) is 7. The van der Waals surface area contributed by atoms with E-state index in [9.17, 15) is 15.0 Å². The van der Waals surface area contributed by atoms with Crippen molar-refractivity contribution in [1.29, 1.82) is 0 Å². The van der Waals surface area contributed by atoms with E-state index >= 15 is 13.2 Å². The van der Waals surface area contributed by atoms with Crippen molar-refractivity contribution in [1.82, 2.24) is 14.9 Å². The number of aromatic hydroxyl groups is 1. The van der Waals surface area contributed by atoms with Crippen LogP contribution in [-0.2, 0) is 0 Å². The highest BCUT2D eigenvalue weighted by Gasteiger charge is 2.40. The number of piperazine rings is 1. The van der Waals surface area contributed by atoms with Crippen LogP contribution in [-0.4, -0.2) is 64.1 Å². The summed E-state index contributed by atoms with van der Waals surface area (Å²) in [5.74, 6) is -4.02. The zero-order valence-electron chi connectivity index (χ0n) is 26.0. The van der Waals surface area contributed by atoms with Gasteiger partial charge in [0.15, 0.2) is 5.82 Å². The molecule has 0 amide bonds. The van der Waals surface area contributed by atoms with Crippen LogP contribution in [0.2, 0.25) is 0 Å². The number of rotatable bonds is 6. The summed E-state index contributed by atoms with van der Waals surface area (Å²) in [6, 6.07) is 6.23. The summed E-state index contributed by atoms with van der Waals surface area (Å²) < 4.78 is 49.9. The Morgan fingerprint density at radius 2 is 1.80 bits per heavy atom. The largest absolute Gasteiger partial charge is 0.507 e. The third kappa shape index (κ3) is 5.11. The Balaban J connectivity index is 1.82. The molecule has 3 atom stereocenters. The number of fused-ring (bicyclic) bond motifs is 5. The Morgan fingerprint density at radius 1 is 1.04 bits per heavy atom. The van der Waals surface area contributed by atoms with Gasteiger partial charge in [0.25, 0.3) is 5.56 Å². The Kier molecular flexibility index (Phi) is 8.03. The predicted octanol–water partition coefficient (Wildman–Crippen LogP) is 5.37. The first-order chi connectivity index (χ1) is 21.4. The van der Waals surface area contributed by atoms with Crippen molar-refractivity contribution in [3.63, 3.8) is 0 Å². The van der Waals surface area contributed by atoms with Gasteiger partial charge < -0.3 is 25.3 Å². The molecule has 2 aromatic heterocycles. The minimum atomic E-state index is -1.16. The number of aliphatic hydroxyl groups is 1. The lowest BCUT2D eigenvalue weighted by Gasteiger charge is -2.49. The van der Waals surface area contributed by atoms with E-state index in [1.165, 1.54) is 10.6 Å². The number of nitrogens with one attached hydrogen (secondary N) is 1. The van der Waals surface area contributed by atoms with Gasteiger partial charge in [-0.3, -0.25) is 14.3 Å². The van der Waals surface area contributed by atoms with E-state index in [2.05, 4.69) is 10.3 Å². The van der Waals surface area contributed by atoms with Crippen LogP contribution in [0.1, 0.15) is 51.3 Å². The van der Waals surface area contributed by atoms with Gasteiger partial charge in [-0.15, -0.1) is 0 Å². The van der Waals surface area contributed by atoms with E-state index in [1.54, 1.807) is 26.1 Å². The van der Waals surface area contributed by atoms with E-state index in [0.29, 0.717) is 55.2 Å². The first kappa shape index (κ1) is 30.9. The molecule has 1 fully saturated rings. The predicted molar refractivity (Wildman–Crippen MR) is 170 cm³/mol. The molecule has 1 saturated heterocycles. The standard InChI is InChI=1S/C34H38F3N5O3/c1-17(2)29-30(18(3)9-11-38-29)42-31-22(13-24(36)27(28(31)37)26-23(35)7-6-8-25(26)44)32-33(34(42)45)40(12-10-20(5)43)16-21-14-39-19(4)15-41(21)32/h6-9,11,13,17,19-21,39,43-44H,10,12,14-16H2,1-5H3/t19-,20?,21-/m1/s1. The fraction of sp³-hybridized carbons (Fsp3) is 0.412. The van der Waals surface area contributed by atoms with Crippen molar-refractivity contribution < 1.29 is 23.4 Å². The van der Waals surface area contributed by atoms with Gasteiger partial charge in [-0.1, -0.05) is 19.9 Å². The fourth-order valence-electron chi connectivity index (χ4n) is 6.79. The zero-order valence-corrected chi connectivity index (χ0v) is 26.0. The van der Waals surface area contributed by atoms with Gasteiger partial charge in [-0.2, -0.15) is 0 Å². The van der Waals surface area contributed by atoms with Crippen molar-refractivity contribution in [2.45, 2.75) is 65.1 Å². The smallest absolute Gasteiger partial charge is 0.281 e. The summed E-state index contributed by atoms with van der Waals surface area (Å²) in [5.41, 5.74) is 0.108. The summed E-state index contributed by atoms with van der Waals surface area (Å²) >= 11 is 0. The van der Waals surface area contributed by atoms with Gasteiger partial charge in [0.1, 0.15) is 23.1 Å². The first-order valence-corrected chi connectivity index (χ1v) is 15.4. The molecule has 238 valence electrons. The van der Waals surface area contributed by atoms with E-state index in [1.807, 2.05) is 30.6 Å². The molecule has 0 aliphatic carbocycles. The minimum Gasteiger partial charge on any atom is -0.507 e. The van der Waals surface area contributed by atoms with Crippen molar-refractivity contribution in [3.05, 3.63) is 75.6 Å². The molecule has 0 saturated carbocycles. The van der Waals surface area contributed by atoms with Gasteiger partial charge >= 0.3 is 0 Å². The average molecular weight is 622 g/mol. The second-order valence-corrected chi connectivity index (χ2v) is 12.6. The minimum absolute atomic E-state index is 0.0352. The van der Waals surface area contributed by atoms with Crippen LogP contribution in [0.5, 0.6) is 5.75 Å². The number of halogens is 3. The molecule has 3 N–H and O–H groups in total. The molecular formula is C34H38F3N5O3. The van der Waals surface area contributed by atoms with Gasteiger partial charge in [0.2, 0.25) is 0 Å². The third-order valence-corrected chi connectivity index (χ3v) is 8.93. The summed E-state index contributed by atoms with van der Waals surface area (Å²) in [5, 5.41) is 24.4. The molecule has 1 unspecified atom stereocenters. The van der Waals surface area contributed by atoms with Crippen LogP contribution in [0.3, 0.4) is 0 Å². The molecule has 2 aliphatic heterocycles. The number of anilines is 2. The molecule has 2 aliphatic rings. The van der Waals surface area contributed by atoms with Crippen molar-refractivity contribution in [2.24, 2.45) is 0 Å². The van der Waals surface area contributed by atoms with Crippen molar-refractivity contribution in [3.8, 4) is 22.6 Å². The molecule has 6 rings (SSSR count). The molecule has 45 heavy (non-hydrogen) atoms. The summed E-state index contributed by atoms with van der Waals surface area (Å²) in [6.07, 6.45) is 1.38. The lowest BCUT2D eigenvalue weighted by atomic mass is 9.95. The maximum absolute atomic E-state index is 17.2. The van der Waals surface area contributed by atoms with Crippen molar-refractivity contribution in [2.75, 3.05) is 36.0 Å². The number of phenolic OH excluding ortho intramolecular Hbond substituents is 1. The number of phenols is 1. The van der Waals surface area contributed by atoms with Crippen molar-refractivity contribution >= 4 is 22.3 Å². The molecule has 8 nitrogen and oxygen atoms in total. The lowest BCUT2D eigenvalue weighted by molar-refractivity contribution is 0.186. The molecule has 0 radical (unpaired) electrons. The van der Waals surface area contributed by atoms with Crippen LogP contribution in [0.4, 0.5) is 24.5 Å². The Bertz CT molecular complexity index is 1840. The first-order valence-electron chi connectivity index (χ1n) is 15.4. The topological polar surface area (TPSA) is 93.9 Å². The average Bonchev–Trinajstić information content (AvgIpc) is 2.98. The van der Waals surface area contributed by atoms with Crippen LogP contribution < -0.4 is 20.7 Å². The van der Waals surface area contributed by atoms with E-state index in [0.717, 1.165) is 18.2 Å². The van der Waals surface area contributed by atoms with Crippen LogP contribution in [0, 0.1) is 24.4 Å². The van der Waals surface area contributed by atoms with Crippen LogP contribution in [0.15, 0.2) is 41.3 Å². The number of hydrogen-bond donors (Lipinski definition) is 3. The van der Waals surface area contributed by atoms with E-state index in [4.69, 9.17) is 0 Å². The molecule has 2 aromatic carbocycles. The summed E-state index contributed by atoms with van der Waals surface area (Å²) in [7, 11) is 0. The highest BCUT2D eigenvalue weighted by molar-refractivity contribution is 6.03. The van der Waals surface area contributed by atoms with E-state index < -0.39 is 46.0 Å². The number of pyridine rings is 2. The molecule has 0 bridgehead atoms. The molecule has 4 aromatic rings. The molecular weight excluding hydrogens is 583 g/mol. The number of aryl methyl sites for hydroxylation is 1. The van der Waals surface area contributed by atoms with Gasteiger partial charge in [0.05, 0.1) is 45.9 Å². The monoisotopic (exact) mass is 621 g/mol. The van der Waals surface area contributed by atoms with Gasteiger partial charge in [-0.05, 0) is 62.9 Å². The number of aliphatic hydroxyl groups excluding tert-OH is 1.